The summed E-state index contributed by atoms with van der Waals surface area (Å²) in [5, 5.41) is 9.88. The van der Waals surface area contributed by atoms with Crippen LogP contribution in [0.25, 0.3) is 0 Å². The number of rotatable bonds is 1. The lowest BCUT2D eigenvalue weighted by atomic mass is 10.1. The number of nitrogens with zero attached hydrogens (tertiary/aromatic N) is 2. The second kappa shape index (κ2) is 4.50. The number of aliphatic hydroxyl groups is 1. The third-order valence-electron chi connectivity index (χ3n) is 4.15. The minimum Gasteiger partial charge on any atom is -0.390 e. The van der Waals surface area contributed by atoms with E-state index in [1.807, 2.05) is 0 Å². The summed E-state index contributed by atoms with van der Waals surface area (Å²) in [6.45, 7) is 5.94. The van der Waals surface area contributed by atoms with Gasteiger partial charge in [0.2, 0.25) is 0 Å². The summed E-state index contributed by atoms with van der Waals surface area (Å²) in [6, 6.07) is 0.585. The van der Waals surface area contributed by atoms with Crippen LogP contribution in [0.5, 0.6) is 0 Å². The van der Waals surface area contributed by atoms with E-state index in [-0.39, 0.29) is 17.5 Å². The predicted molar refractivity (Wildman–Crippen MR) is 66.7 cm³/mol. The smallest absolute Gasteiger partial charge is 0.154 e. The lowest BCUT2D eigenvalue weighted by molar-refractivity contribution is 0.00470. The zero-order valence-corrected chi connectivity index (χ0v) is 11.5. The van der Waals surface area contributed by atoms with Gasteiger partial charge in [-0.1, -0.05) is 0 Å². The fourth-order valence-electron chi connectivity index (χ4n) is 2.88. The van der Waals surface area contributed by atoms with Gasteiger partial charge in [-0.25, -0.2) is 8.42 Å². The second-order valence-corrected chi connectivity index (χ2v) is 7.68. The second-order valence-electron chi connectivity index (χ2n) is 5.53. The molecule has 4 unspecified atom stereocenters. The van der Waals surface area contributed by atoms with Crippen LogP contribution in [-0.4, -0.2) is 79.2 Å². The van der Waals surface area contributed by atoms with Gasteiger partial charge in [-0.3, -0.25) is 9.80 Å². The summed E-state index contributed by atoms with van der Waals surface area (Å²) in [6.07, 6.45) is -0.720. The number of sulfone groups is 1. The summed E-state index contributed by atoms with van der Waals surface area (Å²) in [5.41, 5.74) is 0. The number of piperazine rings is 1. The minimum atomic E-state index is -3.05. The van der Waals surface area contributed by atoms with Crippen LogP contribution >= 0.6 is 0 Å². The van der Waals surface area contributed by atoms with Crippen LogP contribution in [-0.2, 0) is 9.84 Å². The van der Waals surface area contributed by atoms with Crippen LogP contribution in [0.3, 0.4) is 0 Å². The molecule has 17 heavy (non-hydrogen) atoms. The molecule has 2 aliphatic rings. The molecule has 2 rings (SSSR count). The summed E-state index contributed by atoms with van der Waals surface area (Å²) < 4.78 is 23.0. The van der Waals surface area contributed by atoms with E-state index >= 15 is 0 Å². The Kier molecular flexibility index (Phi) is 3.51. The summed E-state index contributed by atoms with van der Waals surface area (Å²) in [7, 11) is -0.956. The Morgan fingerprint density at radius 2 is 1.65 bits per heavy atom. The van der Waals surface area contributed by atoms with Gasteiger partial charge in [-0.05, 0) is 20.9 Å². The number of aliphatic hydroxyl groups excluding tert-OH is 1. The molecular weight excluding hydrogens is 240 g/mol. The monoisotopic (exact) mass is 262 g/mol. The zero-order chi connectivity index (χ0) is 12.8. The fraction of sp³-hybridized carbons (Fsp3) is 1.00. The fourth-order valence-corrected chi connectivity index (χ4v) is 4.71. The Morgan fingerprint density at radius 1 is 1.12 bits per heavy atom. The molecule has 100 valence electrons. The van der Waals surface area contributed by atoms with Gasteiger partial charge in [-0.2, -0.15) is 0 Å². The van der Waals surface area contributed by atoms with Crippen LogP contribution < -0.4 is 0 Å². The van der Waals surface area contributed by atoms with Crippen molar-refractivity contribution in [2.45, 2.75) is 38.1 Å². The molecule has 6 heteroatoms. The van der Waals surface area contributed by atoms with Gasteiger partial charge in [-0.15, -0.1) is 0 Å². The zero-order valence-electron chi connectivity index (χ0n) is 10.7. The van der Waals surface area contributed by atoms with E-state index in [4.69, 9.17) is 0 Å². The molecule has 2 heterocycles. The van der Waals surface area contributed by atoms with Crippen LogP contribution in [0.15, 0.2) is 0 Å². The van der Waals surface area contributed by atoms with Gasteiger partial charge in [0, 0.05) is 25.2 Å². The molecule has 2 fully saturated rings. The van der Waals surface area contributed by atoms with Gasteiger partial charge >= 0.3 is 0 Å². The van der Waals surface area contributed by atoms with E-state index in [2.05, 4.69) is 30.7 Å². The van der Waals surface area contributed by atoms with Crippen LogP contribution in [0.4, 0.5) is 0 Å². The van der Waals surface area contributed by atoms with E-state index in [9.17, 15) is 13.5 Å². The van der Waals surface area contributed by atoms with E-state index in [1.54, 1.807) is 0 Å². The molecule has 0 aromatic rings. The average molecular weight is 262 g/mol. The number of hydrogen-bond acceptors (Lipinski definition) is 5. The van der Waals surface area contributed by atoms with Crippen LogP contribution in [0, 0.1) is 0 Å². The molecule has 0 saturated carbocycles. The molecule has 0 bridgehead atoms. The highest BCUT2D eigenvalue weighted by atomic mass is 32.2. The Labute approximate surface area is 103 Å². The normalized spacial score (nSPS) is 44.0. The Hall–Kier alpha value is -0.170. The van der Waals surface area contributed by atoms with E-state index in [0.29, 0.717) is 12.1 Å². The lowest BCUT2D eigenvalue weighted by Crippen LogP contribution is -2.59. The summed E-state index contributed by atoms with van der Waals surface area (Å²) in [5.74, 6) is 0.0318. The highest BCUT2D eigenvalue weighted by molar-refractivity contribution is 7.91. The van der Waals surface area contributed by atoms with Crippen molar-refractivity contribution in [3.05, 3.63) is 0 Å². The number of likely N-dealkylation sites (N-methyl/N-ethyl adjacent to an activating group) is 1. The van der Waals surface area contributed by atoms with Crippen molar-refractivity contribution in [3.8, 4) is 0 Å². The predicted octanol–water partition coefficient (Wildman–Crippen LogP) is -0.831. The maximum absolute atomic E-state index is 11.5. The summed E-state index contributed by atoms with van der Waals surface area (Å²) >= 11 is 0. The Balaban J connectivity index is 2.09. The molecule has 0 amide bonds. The average Bonchev–Trinajstić information content (AvgIpc) is 2.48. The van der Waals surface area contributed by atoms with Gasteiger partial charge in [0.25, 0.3) is 0 Å². The topological polar surface area (TPSA) is 60.9 Å². The van der Waals surface area contributed by atoms with E-state index in [0.717, 1.165) is 13.1 Å². The van der Waals surface area contributed by atoms with E-state index in [1.165, 1.54) is 0 Å². The van der Waals surface area contributed by atoms with Crippen molar-refractivity contribution >= 4 is 9.84 Å². The van der Waals surface area contributed by atoms with Crippen molar-refractivity contribution in [3.63, 3.8) is 0 Å². The molecular formula is C11H22N2O3S. The van der Waals surface area contributed by atoms with Crippen molar-refractivity contribution in [2.75, 3.05) is 31.6 Å². The standard InChI is InChI=1S/C11H22N2O3S/c1-8-4-13(5-9(2)12(8)3)10-6-17(15,16)7-11(10)14/h8-11,14H,4-7H2,1-3H3. The van der Waals surface area contributed by atoms with Gasteiger partial charge in [0.15, 0.2) is 9.84 Å². The Bertz CT molecular complexity index is 372. The number of hydrogen-bond donors (Lipinski definition) is 1. The molecule has 5 nitrogen and oxygen atoms in total. The third kappa shape index (κ3) is 2.65. The third-order valence-corrected chi connectivity index (χ3v) is 5.85. The molecule has 0 aliphatic carbocycles. The molecule has 4 atom stereocenters. The first-order valence-electron chi connectivity index (χ1n) is 6.14. The van der Waals surface area contributed by atoms with Crippen molar-refractivity contribution in [1.29, 1.82) is 0 Å². The molecule has 0 radical (unpaired) electrons. The van der Waals surface area contributed by atoms with Crippen molar-refractivity contribution in [1.82, 2.24) is 9.80 Å². The Morgan fingerprint density at radius 3 is 2.06 bits per heavy atom. The molecule has 1 N–H and O–H groups in total. The first-order valence-corrected chi connectivity index (χ1v) is 7.97. The lowest BCUT2D eigenvalue weighted by Gasteiger charge is -2.45. The van der Waals surface area contributed by atoms with Gasteiger partial charge in [0.1, 0.15) is 0 Å². The van der Waals surface area contributed by atoms with Gasteiger partial charge < -0.3 is 5.11 Å². The van der Waals surface area contributed by atoms with Crippen molar-refractivity contribution in [2.24, 2.45) is 0 Å². The molecule has 0 aromatic heterocycles. The largest absolute Gasteiger partial charge is 0.390 e. The van der Waals surface area contributed by atoms with E-state index < -0.39 is 15.9 Å². The maximum atomic E-state index is 11.5. The molecule has 2 saturated heterocycles. The van der Waals surface area contributed by atoms with Gasteiger partial charge in [0.05, 0.1) is 23.7 Å². The first-order chi connectivity index (χ1) is 7.80. The summed E-state index contributed by atoms with van der Waals surface area (Å²) in [4.78, 5) is 4.44. The van der Waals surface area contributed by atoms with Crippen LogP contribution in [0.2, 0.25) is 0 Å². The van der Waals surface area contributed by atoms with Crippen molar-refractivity contribution < 1.29 is 13.5 Å². The minimum absolute atomic E-state index is 0.0766. The van der Waals surface area contributed by atoms with Crippen LogP contribution in [0.1, 0.15) is 13.8 Å². The maximum Gasteiger partial charge on any atom is 0.154 e. The molecule has 0 spiro atoms. The molecule has 0 aromatic carbocycles. The quantitative estimate of drug-likeness (QED) is 0.668. The SMILES string of the molecule is CC1CN(C2CS(=O)(=O)CC2O)CC(C)N1C. The first kappa shape index (κ1) is 13.3. The molecule has 2 aliphatic heterocycles. The highest BCUT2D eigenvalue weighted by Gasteiger charge is 2.42. The highest BCUT2D eigenvalue weighted by Crippen LogP contribution is 2.23.